The van der Waals surface area contributed by atoms with Crippen molar-refractivity contribution in [1.82, 2.24) is 15.1 Å². The second kappa shape index (κ2) is 7.25. The van der Waals surface area contributed by atoms with Crippen LogP contribution < -0.4 is 5.32 Å². The van der Waals surface area contributed by atoms with E-state index in [-0.39, 0.29) is 11.5 Å². The maximum atomic E-state index is 5.90. The van der Waals surface area contributed by atoms with Crippen LogP contribution in [0.1, 0.15) is 45.0 Å². The molecule has 1 aliphatic heterocycles. The lowest BCUT2D eigenvalue weighted by molar-refractivity contribution is 0.0621. The zero-order valence-corrected chi connectivity index (χ0v) is 15.3. The summed E-state index contributed by atoms with van der Waals surface area (Å²) in [5.74, 6) is 0. The number of hydrogen-bond acceptors (Lipinski definition) is 3. The standard InChI is InChI=1S/C16H28BrN3O/c1-5-8-18-11-16(7-9-21-12(16)3)10-14-15(17)13(6-2)19-20(14)4/h12,18H,5-11H2,1-4H3. The van der Waals surface area contributed by atoms with Gasteiger partial charge in [-0.3, -0.25) is 4.68 Å². The summed E-state index contributed by atoms with van der Waals surface area (Å²) in [5, 5.41) is 8.24. The summed E-state index contributed by atoms with van der Waals surface area (Å²) in [4.78, 5) is 0. The topological polar surface area (TPSA) is 39.1 Å². The van der Waals surface area contributed by atoms with Crippen molar-refractivity contribution in [1.29, 1.82) is 0 Å². The Morgan fingerprint density at radius 1 is 1.48 bits per heavy atom. The van der Waals surface area contributed by atoms with Crippen molar-refractivity contribution in [3.05, 3.63) is 15.9 Å². The molecule has 0 aromatic carbocycles. The van der Waals surface area contributed by atoms with Gasteiger partial charge >= 0.3 is 0 Å². The lowest BCUT2D eigenvalue weighted by atomic mass is 9.77. The second-order valence-electron chi connectivity index (χ2n) is 6.16. The minimum Gasteiger partial charge on any atom is -0.378 e. The van der Waals surface area contributed by atoms with Gasteiger partial charge in [0.1, 0.15) is 0 Å². The van der Waals surface area contributed by atoms with Gasteiger partial charge in [0.2, 0.25) is 0 Å². The molecule has 1 aliphatic rings. The fourth-order valence-electron chi connectivity index (χ4n) is 3.21. The Balaban J connectivity index is 2.21. The molecule has 1 saturated heterocycles. The minimum absolute atomic E-state index is 0.177. The van der Waals surface area contributed by atoms with Crippen molar-refractivity contribution >= 4 is 15.9 Å². The summed E-state index contributed by atoms with van der Waals surface area (Å²) < 4.78 is 9.12. The van der Waals surface area contributed by atoms with Crippen LogP contribution >= 0.6 is 15.9 Å². The SMILES string of the molecule is CCCNCC1(Cc2c(Br)c(CC)nn2C)CCOC1C. The number of aryl methyl sites for hydroxylation is 2. The molecular weight excluding hydrogens is 330 g/mol. The molecule has 0 radical (unpaired) electrons. The van der Waals surface area contributed by atoms with Crippen LogP contribution in [0.4, 0.5) is 0 Å². The fraction of sp³-hybridized carbons (Fsp3) is 0.812. The second-order valence-corrected chi connectivity index (χ2v) is 6.96. The third-order valence-electron chi connectivity index (χ3n) is 4.76. The van der Waals surface area contributed by atoms with E-state index < -0.39 is 0 Å². The van der Waals surface area contributed by atoms with Crippen molar-refractivity contribution in [2.75, 3.05) is 19.7 Å². The van der Waals surface area contributed by atoms with Crippen molar-refractivity contribution in [2.45, 2.75) is 52.6 Å². The van der Waals surface area contributed by atoms with E-state index in [1.54, 1.807) is 0 Å². The van der Waals surface area contributed by atoms with Crippen LogP contribution in [0.3, 0.4) is 0 Å². The number of rotatable bonds is 7. The van der Waals surface area contributed by atoms with Gasteiger partial charge < -0.3 is 10.1 Å². The summed E-state index contributed by atoms with van der Waals surface area (Å²) >= 11 is 3.75. The molecule has 2 atom stereocenters. The molecule has 1 N–H and O–H groups in total. The quantitative estimate of drug-likeness (QED) is 0.762. The number of nitrogens with one attached hydrogen (secondary N) is 1. The van der Waals surface area contributed by atoms with Crippen LogP contribution in [0, 0.1) is 5.41 Å². The fourth-order valence-corrected chi connectivity index (χ4v) is 3.96. The first-order valence-corrected chi connectivity index (χ1v) is 8.86. The Kier molecular flexibility index (Phi) is 5.86. The first kappa shape index (κ1) is 17.0. The highest BCUT2D eigenvalue weighted by molar-refractivity contribution is 9.10. The van der Waals surface area contributed by atoms with Crippen molar-refractivity contribution in [2.24, 2.45) is 12.5 Å². The van der Waals surface area contributed by atoms with Gasteiger partial charge in [-0.1, -0.05) is 13.8 Å². The van der Waals surface area contributed by atoms with Crippen LogP contribution in [0.15, 0.2) is 4.47 Å². The van der Waals surface area contributed by atoms with E-state index in [1.165, 1.54) is 16.6 Å². The summed E-state index contributed by atoms with van der Waals surface area (Å²) in [6.07, 6.45) is 4.54. The molecule has 0 saturated carbocycles. The van der Waals surface area contributed by atoms with Gasteiger partial charge in [-0.2, -0.15) is 5.10 Å². The van der Waals surface area contributed by atoms with Crippen LogP contribution in [0.2, 0.25) is 0 Å². The molecule has 0 spiro atoms. The predicted molar refractivity (Wildman–Crippen MR) is 89.6 cm³/mol. The van der Waals surface area contributed by atoms with E-state index in [1.807, 2.05) is 11.7 Å². The van der Waals surface area contributed by atoms with Gasteiger partial charge in [0.05, 0.1) is 22.0 Å². The molecule has 0 bridgehead atoms. The maximum absolute atomic E-state index is 5.90. The monoisotopic (exact) mass is 357 g/mol. The third kappa shape index (κ3) is 3.51. The molecule has 2 rings (SSSR count). The molecule has 2 heterocycles. The average molecular weight is 358 g/mol. The molecule has 1 fully saturated rings. The Morgan fingerprint density at radius 3 is 2.76 bits per heavy atom. The van der Waals surface area contributed by atoms with Crippen molar-refractivity contribution in [3.63, 3.8) is 0 Å². The van der Waals surface area contributed by atoms with Crippen molar-refractivity contribution < 1.29 is 4.74 Å². The van der Waals surface area contributed by atoms with Crippen LogP contribution in [-0.2, 0) is 24.6 Å². The number of nitrogens with zero attached hydrogens (tertiary/aromatic N) is 2. The van der Waals surface area contributed by atoms with E-state index in [2.05, 4.69) is 47.1 Å². The Hall–Kier alpha value is -0.390. The van der Waals surface area contributed by atoms with Crippen LogP contribution in [0.5, 0.6) is 0 Å². The highest BCUT2D eigenvalue weighted by Crippen LogP contribution is 2.39. The summed E-state index contributed by atoms with van der Waals surface area (Å²) in [6, 6.07) is 0. The molecule has 1 aromatic heterocycles. The molecule has 2 unspecified atom stereocenters. The largest absolute Gasteiger partial charge is 0.378 e. The molecule has 21 heavy (non-hydrogen) atoms. The highest BCUT2D eigenvalue weighted by Gasteiger charge is 2.42. The summed E-state index contributed by atoms with van der Waals surface area (Å²) in [7, 11) is 2.05. The van der Waals surface area contributed by atoms with Gasteiger partial charge in [-0.05, 0) is 55.1 Å². The Morgan fingerprint density at radius 2 is 2.24 bits per heavy atom. The molecule has 0 aliphatic carbocycles. The van der Waals surface area contributed by atoms with Crippen molar-refractivity contribution in [3.8, 4) is 0 Å². The van der Waals surface area contributed by atoms with E-state index in [4.69, 9.17) is 4.74 Å². The summed E-state index contributed by atoms with van der Waals surface area (Å²) in [6.45, 7) is 9.52. The summed E-state index contributed by atoms with van der Waals surface area (Å²) in [5.41, 5.74) is 2.62. The number of ether oxygens (including phenoxy) is 1. The first-order valence-electron chi connectivity index (χ1n) is 8.06. The van der Waals surface area contributed by atoms with Gasteiger partial charge in [0.25, 0.3) is 0 Å². The van der Waals surface area contributed by atoms with E-state index in [0.717, 1.165) is 44.7 Å². The average Bonchev–Trinajstić information content (AvgIpc) is 2.95. The van der Waals surface area contributed by atoms with E-state index in [0.29, 0.717) is 0 Å². The van der Waals surface area contributed by atoms with Gasteiger partial charge in [0, 0.05) is 25.6 Å². The van der Waals surface area contributed by atoms with Gasteiger partial charge in [0.15, 0.2) is 0 Å². The smallest absolute Gasteiger partial charge is 0.0766 e. The van der Waals surface area contributed by atoms with Crippen LogP contribution in [0.25, 0.3) is 0 Å². The van der Waals surface area contributed by atoms with Gasteiger partial charge in [-0.25, -0.2) is 0 Å². The third-order valence-corrected chi connectivity index (χ3v) is 5.67. The number of hydrogen-bond donors (Lipinski definition) is 1. The molecule has 4 nitrogen and oxygen atoms in total. The number of halogens is 1. The van der Waals surface area contributed by atoms with E-state index in [9.17, 15) is 0 Å². The minimum atomic E-state index is 0.177. The highest BCUT2D eigenvalue weighted by atomic mass is 79.9. The predicted octanol–water partition coefficient (Wildman–Crippen LogP) is 3.08. The normalized spacial score (nSPS) is 25.7. The zero-order valence-electron chi connectivity index (χ0n) is 13.7. The van der Waals surface area contributed by atoms with E-state index >= 15 is 0 Å². The lowest BCUT2D eigenvalue weighted by Crippen LogP contribution is -2.42. The van der Waals surface area contributed by atoms with Crippen LogP contribution in [-0.4, -0.2) is 35.6 Å². The van der Waals surface area contributed by atoms with Gasteiger partial charge in [-0.15, -0.1) is 0 Å². The lowest BCUT2D eigenvalue weighted by Gasteiger charge is -2.33. The maximum Gasteiger partial charge on any atom is 0.0766 e. The zero-order chi connectivity index (χ0) is 15.5. The molecule has 1 aromatic rings. The molecule has 5 heteroatoms. The Bertz CT molecular complexity index is 474. The number of aromatic nitrogens is 2. The first-order chi connectivity index (χ1) is 10.0. The molecular formula is C16H28BrN3O. The Labute approximate surface area is 136 Å². The molecule has 120 valence electrons. The molecule has 0 amide bonds.